The summed E-state index contributed by atoms with van der Waals surface area (Å²) in [6, 6.07) is 0. The lowest BCUT2D eigenvalue weighted by atomic mass is 9.92. The Labute approximate surface area is 83.7 Å². The summed E-state index contributed by atoms with van der Waals surface area (Å²) in [6.45, 7) is 12.5. The van der Waals surface area contributed by atoms with E-state index in [4.69, 9.17) is 0 Å². The molecule has 0 aromatic heterocycles. The SMILES string of the molecule is C[C]1[C](C)[C](C)[C]([Si](C)(C)O)[C]1C. The maximum Gasteiger partial charge on any atom is 0.190 e. The summed E-state index contributed by atoms with van der Waals surface area (Å²) in [7, 11) is -2.13. The minimum Gasteiger partial charge on any atom is -0.432 e. The van der Waals surface area contributed by atoms with Crippen molar-refractivity contribution in [1.29, 1.82) is 0 Å². The van der Waals surface area contributed by atoms with Gasteiger partial charge >= 0.3 is 0 Å². The van der Waals surface area contributed by atoms with Crippen molar-refractivity contribution in [2.45, 2.75) is 40.8 Å². The molecular weight excluding hydrogens is 176 g/mol. The van der Waals surface area contributed by atoms with Gasteiger partial charge in [0.25, 0.3) is 0 Å². The summed E-state index contributed by atoms with van der Waals surface area (Å²) >= 11 is 0. The van der Waals surface area contributed by atoms with Gasteiger partial charge < -0.3 is 4.80 Å². The van der Waals surface area contributed by atoms with E-state index in [1.54, 1.807) is 0 Å². The van der Waals surface area contributed by atoms with Gasteiger partial charge in [-0.15, -0.1) is 0 Å². The minimum absolute atomic E-state index is 1.24. The predicted molar refractivity (Wildman–Crippen MR) is 58.6 cm³/mol. The van der Waals surface area contributed by atoms with Gasteiger partial charge in [-0.05, 0) is 36.8 Å². The Kier molecular flexibility index (Phi) is 2.94. The number of hydrogen-bond donors (Lipinski definition) is 1. The fourth-order valence-corrected chi connectivity index (χ4v) is 4.35. The van der Waals surface area contributed by atoms with Crippen LogP contribution >= 0.6 is 0 Å². The van der Waals surface area contributed by atoms with Crippen molar-refractivity contribution >= 4 is 8.32 Å². The van der Waals surface area contributed by atoms with Crippen LogP contribution in [-0.2, 0) is 0 Å². The first-order valence-corrected chi connectivity index (χ1v) is 7.67. The third-order valence-electron chi connectivity index (χ3n) is 3.05. The molecule has 2 heteroatoms. The maximum atomic E-state index is 10.1. The lowest BCUT2D eigenvalue weighted by molar-refractivity contribution is 0.551. The van der Waals surface area contributed by atoms with Crippen LogP contribution in [-0.4, -0.2) is 13.1 Å². The second-order valence-electron chi connectivity index (χ2n) is 4.43. The van der Waals surface area contributed by atoms with Crippen molar-refractivity contribution in [1.82, 2.24) is 0 Å². The molecule has 0 aliphatic heterocycles. The van der Waals surface area contributed by atoms with Crippen LogP contribution < -0.4 is 0 Å². The van der Waals surface area contributed by atoms with E-state index in [9.17, 15) is 4.80 Å². The fraction of sp³-hybridized carbons (Fsp3) is 0.545. The lowest BCUT2D eigenvalue weighted by Gasteiger charge is -2.29. The molecule has 0 saturated heterocycles. The van der Waals surface area contributed by atoms with E-state index in [1.807, 2.05) is 13.1 Å². The van der Waals surface area contributed by atoms with Crippen LogP contribution in [0.25, 0.3) is 0 Å². The molecule has 1 aliphatic rings. The molecule has 73 valence electrons. The number of hydrogen-bond acceptors (Lipinski definition) is 1. The Morgan fingerprint density at radius 3 is 1.23 bits per heavy atom. The molecular formula is C11H19OSi. The van der Waals surface area contributed by atoms with E-state index in [-0.39, 0.29) is 0 Å². The molecule has 1 aliphatic carbocycles. The summed E-state index contributed by atoms with van der Waals surface area (Å²) in [4.78, 5) is 10.1. The second kappa shape index (κ2) is 3.39. The molecule has 1 N–H and O–H groups in total. The third kappa shape index (κ3) is 1.84. The van der Waals surface area contributed by atoms with E-state index in [0.717, 1.165) is 0 Å². The summed E-state index contributed by atoms with van der Waals surface area (Å²) in [5.41, 5.74) is 1.24. The van der Waals surface area contributed by atoms with Gasteiger partial charge in [-0.25, -0.2) is 0 Å². The highest BCUT2D eigenvalue weighted by molar-refractivity contribution is 6.77. The molecule has 1 fully saturated rings. The standard InChI is InChI=1S/C11H19OSi/c1-7-8(2)10(4)11(9(7)3)13(5,6)12/h12H,1-6H3. The Morgan fingerprint density at radius 1 is 0.769 bits per heavy atom. The summed E-state index contributed by atoms with van der Waals surface area (Å²) in [5.74, 6) is 5.30. The summed E-state index contributed by atoms with van der Waals surface area (Å²) in [6.07, 6.45) is 0. The highest BCUT2D eigenvalue weighted by Gasteiger charge is 2.50. The smallest absolute Gasteiger partial charge is 0.190 e. The number of rotatable bonds is 1. The van der Waals surface area contributed by atoms with Crippen LogP contribution in [0.5, 0.6) is 0 Å². The molecule has 0 bridgehead atoms. The van der Waals surface area contributed by atoms with Gasteiger partial charge in [-0.2, -0.15) is 0 Å². The zero-order valence-corrected chi connectivity index (χ0v) is 10.4. The topological polar surface area (TPSA) is 20.2 Å². The van der Waals surface area contributed by atoms with Crippen molar-refractivity contribution in [2.75, 3.05) is 0 Å². The Hall–Kier alpha value is 0.177. The van der Waals surface area contributed by atoms with Gasteiger partial charge in [0, 0.05) is 5.54 Å². The third-order valence-corrected chi connectivity index (χ3v) is 5.02. The quantitative estimate of drug-likeness (QED) is 0.638. The molecule has 0 aromatic rings. The van der Waals surface area contributed by atoms with Crippen LogP contribution in [0.3, 0.4) is 0 Å². The molecule has 1 rings (SSSR count). The molecule has 0 atom stereocenters. The molecule has 1 saturated carbocycles. The monoisotopic (exact) mass is 195 g/mol. The average Bonchev–Trinajstić information content (AvgIpc) is 2.14. The lowest BCUT2D eigenvalue weighted by Crippen LogP contribution is -2.38. The van der Waals surface area contributed by atoms with Crippen molar-refractivity contribution in [3.05, 3.63) is 29.2 Å². The van der Waals surface area contributed by atoms with Gasteiger partial charge in [-0.1, -0.05) is 27.7 Å². The molecule has 1 nitrogen and oxygen atoms in total. The molecule has 0 amide bonds. The first-order valence-electron chi connectivity index (χ1n) is 4.72. The van der Waals surface area contributed by atoms with Crippen molar-refractivity contribution < 1.29 is 4.80 Å². The van der Waals surface area contributed by atoms with Crippen molar-refractivity contribution in [3.63, 3.8) is 0 Å². The highest BCUT2D eigenvalue weighted by Crippen LogP contribution is 2.54. The van der Waals surface area contributed by atoms with E-state index >= 15 is 0 Å². The second-order valence-corrected chi connectivity index (χ2v) is 8.05. The van der Waals surface area contributed by atoms with E-state index < -0.39 is 8.32 Å². The largest absolute Gasteiger partial charge is 0.432 e. The Morgan fingerprint density at radius 2 is 1.08 bits per heavy atom. The normalized spacial score (nSPS) is 26.1. The van der Waals surface area contributed by atoms with Gasteiger partial charge in [0.2, 0.25) is 0 Å². The maximum absolute atomic E-state index is 10.1. The first-order chi connectivity index (χ1) is 5.76. The summed E-state index contributed by atoms with van der Waals surface area (Å²) < 4.78 is 0. The van der Waals surface area contributed by atoms with Crippen LogP contribution in [0.2, 0.25) is 13.1 Å². The highest BCUT2D eigenvalue weighted by atomic mass is 28.4. The van der Waals surface area contributed by atoms with Crippen LogP contribution in [0, 0.1) is 29.2 Å². The van der Waals surface area contributed by atoms with Crippen LogP contribution in [0.1, 0.15) is 27.7 Å². The Balaban J connectivity index is 2.88. The molecule has 0 spiro atoms. The van der Waals surface area contributed by atoms with E-state index in [0.29, 0.717) is 0 Å². The molecule has 0 unspecified atom stereocenters. The van der Waals surface area contributed by atoms with Gasteiger partial charge in [-0.3, -0.25) is 0 Å². The zero-order valence-electron chi connectivity index (χ0n) is 9.45. The van der Waals surface area contributed by atoms with E-state index in [2.05, 4.69) is 27.7 Å². The fourth-order valence-electron chi connectivity index (χ4n) is 2.14. The van der Waals surface area contributed by atoms with Gasteiger partial charge in [0.15, 0.2) is 8.32 Å². The van der Waals surface area contributed by atoms with Crippen LogP contribution in [0.4, 0.5) is 0 Å². The first kappa shape index (κ1) is 11.3. The molecule has 0 aromatic carbocycles. The average molecular weight is 195 g/mol. The molecule has 0 heterocycles. The predicted octanol–water partition coefficient (Wildman–Crippen LogP) is 2.69. The molecule has 5 radical (unpaired) electrons. The van der Waals surface area contributed by atoms with Crippen molar-refractivity contribution in [3.8, 4) is 0 Å². The Bertz CT molecular complexity index is 171. The van der Waals surface area contributed by atoms with Gasteiger partial charge in [0.1, 0.15) is 0 Å². The van der Waals surface area contributed by atoms with E-state index in [1.165, 1.54) is 29.2 Å². The molecule has 13 heavy (non-hydrogen) atoms. The van der Waals surface area contributed by atoms with Crippen molar-refractivity contribution in [2.24, 2.45) is 0 Å². The summed E-state index contributed by atoms with van der Waals surface area (Å²) in [5, 5.41) is 0. The minimum atomic E-state index is -2.13. The van der Waals surface area contributed by atoms with Gasteiger partial charge in [0.05, 0.1) is 0 Å². The van der Waals surface area contributed by atoms with Crippen LogP contribution in [0.15, 0.2) is 0 Å². The zero-order chi connectivity index (χ0) is 10.4.